The Labute approximate surface area is 201 Å². The molecule has 0 amide bonds. The van der Waals surface area contributed by atoms with Gasteiger partial charge >= 0.3 is 11.9 Å². The molecule has 1 atom stereocenters. The maximum absolute atomic E-state index is 10.2. The van der Waals surface area contributed by atoms with Gasteiger partial charge in [0.25, 0.3) is 10.1 Å². The third kappa shape index (κ3) is 26.9. The second kappa shape index (κ2) is 24.0. The van der Waals surface area contributed by atoms with Crippen molar-refractivity contribution >= 4 is 22.1 Å². The highest BCUT2D eigenvalue weighted by Crippen LogP contribution is 2.09. The Hall–Kier alpha value is -1.19. The van der Waals surface area contributed by atoms with E-state index < -0.39 is 33.7 Å². The monoisotopic (exact) mass is 495 g/mol. The number of unbranched alkanes of at least 4 members (excludes halogenated alkanes) is 14. The lowest BCUT2D eigenvalue weighted by Crippen LogP contribution is -2.31. The summed E-state index contributed by atoms with van der Waals surface area (Å²) >= 11 is 0. The fourth-order valence-corrected chi connectivity index (χ4v) is 3.98. The van der Waals surface area contributed by atoms with Crippen molar-refractivity contribution in [3.63, 3.8) is 0 Å². The van der Waals surface area contributed by atoms with Crippen LogP contribution in [0.15, 0.2) is 0 Å². The predicted octanol–water partition coefficient (Wildman–Crippen LogP) is 5.66. The number of carboxylic acid groups (broad SMARTS) is 2. The summed E-state index contributed by atoms with van der Waals surface area (Å²) < 4.78 is 28.7. The van der Waals surface area contributed by atoms with Crippen molar-refractivity contribution in [1.29, 1.82) is 0 Å². The zero-order chi connectivity index (χ0) is 25.4. The SMILES string of the molecule is CCCCCCCCCCNCCCCCCCCCC.O=C(O)CC(C(=O)O)S(=O)(=O)O. The highest BCUT2D eigenvalue weighted by molar-refractivity contribution is 7.87. The van der Waals surface area contributed by atoms with Crippen LogP contribution in [-0.4, -0.2) is 53.5 Å². The van der Waals surface area contributed by atoms with Gasteiger partial charge in [-0.25, -0.2) is 0 Å². The smallest absolute Gasteiger partial charge is 0.325 e. The Bertz CT molecular complexity index is 549. The summed E-state index contributed by atoms with van der Waals surface area (Å²) in [4.78, 5) is 20.0. The van der Waals surface area contributed by atoms with Crippen LogP contribution in [0.4, 0.5) is 0 Å². The van der Waals surface area contributed by atoms with E-state index in [9.17, 15) is 18.0 Å². The molecule has 0 aliphatic carbocycles. The molecule has 8 nitrogen and oxygen atoms in total. The van der Waals surface area contributed by atoms with E-state index in [0.29, 0.717) is 0 Å². The minimum Gasteiger partial charge on any atom is -0.481 e. The van der Waals surface area contributed by atoms with Crippen molar-refractivity contribution in [2.75, 3.05) is 13.1 Å². The largest absolute Gasteiger partial charge is 0.481 e. The summed E-state index contributed by atoms with van der Waals surface area (Å²) in [7, 11) is -4.84. The van der Waals surface area contributed by atoms with E-state index in [4.69, 9.17) is 14.8 Å². The van der Waals surface area contributed by atoms with Crippen LogP contribution >= 0.6 is 0 Å². The van der Waals surface area contributed by atoms with Gasteiger partial charge in [0, 0.05) is 0 Å². The first kappa shape index (κ1) is 34.0. The molecule has 4 N–H and O–H groups in total. The lowest BCUT2D eigenvalue weighted by molar-refractivity contribution is -0.143. The van der Waals surface area contributed by atoms with Crippen molar-refractivity contribution in [1.82, 2.24) is 5.32 Å². The van der Waals surface area contributed by atoms with Crippen LogP contribution in [0.2, 0.25) is 0 Å². The van der Waals surface area contributed by atoms with Gasteiger partial charge in [0.05, 0.1) is 6.42 Å². The maximum Gasteiger partial charge on any atom is 0.325 e. The molecule has 0 rings (SSSR count). The molecule has 0 radical (unpaired) electrons. The third-order valence-corrected chi connectivity index (χ3v) is 6.50. The molecule has 1 unspecified atom stereocenters. The van der Waals surface area contributed by atoms with Crippen molar-refractivity contribution in [3.05, 3.63) is 0 Å². The van der Waals surface area contributed by atoms with Crippen molar-refractivity contribution in [2.45, 2.75) is 128 Å². The Morgan fingerprint density at radius 1 is 0.667 bits per heavy atom. The van der Waals surface area contributed by atoms with Gasteiger partial charge in [-0.05, 0) is 25.9 Å². The first-order valence-electron chi connectivity index (χ1n) is 12.8. The lowest BCUT2D eigenvalue weighted by Gasteiger charge is -2.05. The number of hydrogen-bond donors (Lipinski definition) is 4. The van der Waals surface area contributed by atoms with Gasteiger partial charge in [0.2, 0.25) is 0 Å². The van der Waals surface area contributed by atoms with Crippen LogP contribution in [0, 0.1) is 0 Å². The second-order valence-corrected chi connectivity index (χ2v) is 10.2. The summed E-state index contributed by atoms with van der Waals surface area (Å²) in [6.45, 7) is 7.06. The molecule has 0 heterocycles. The molecule has 198 valence electrons. The van der Waals surface area contributed by atoms with Gasteiger partial charge in [-0.3, -0.25) is 14.1 Å². The number of aliphatic carboxylic acids is 2. The van der Waals surface area contributed by atoms with Gasteiger partial charge in [-0.1, -0.05) is 104 Å². The molecular weight excluding hydrogens is 446 g/mol. The zero-order valence-corrected chi connectivity index (χ0v) is 21.7. The summed E-state index contributed by atoms with van der Waals surface area (Å²) in [6, 6.07) is 0. The van der Waals surface area contributed by atoms with Crippen LogP contribution in [0.1, 0.15) is 123 Å². The fraction of sp³-hybridized carbons (Fsp3) is 0.917. The first-order chi connectivity index (χ1) is 15.7. The molecule has 0 saturated carbocycles. The summed E-state index contributed by atoms with van der Waals surface area (Å²) in [5.74, 6) is -3.50. The molecule has 0 aromatic rings. The first-order valence-corrected chi connectivity index (χ1v) is 14.3. The minimum absolute atomic E-state index is 1.16. The number of carbonyl (C=O) groups is 2. The predicted molar refractivity (Wildman–Crippen MR) is 133 cm³/mol. The normalized spacial score (nSPS) is 12.1. The zero-order valence-electron chi connectivity index (χ0n) is 20.9. The average Bonchev–Trinajstić information content (AvgIpc) is 2.73. The topological polar surface area (TPSA) is 141 Å². The molecule has 33 heavy (non-hydrogen) atoms. The number of carboxylic acids is 2. The summed E-state index contributed by atoms with van der Waals surface area (Å²) in [5.41, 5.74) is 0. The van der Waals surface area contributed by atoms with E-state index in [1.54, 1.807) is 0 Å². The summed E-state index contributed by atoms with van der Waals surface area (Å²) in [6.07, 6.45) is 21.7. The Balaban J connectivity index is 0. The van der Waals surface area contributed by atoms with E-state index in [-0.39, 0.29) is 0 Å². The third-order valence-electron chi connectivity index (χ3n) is 5.41. The molecule has 0 aromatic heterocycles. The van der Waals surface area contributed by atoms with Crippen molar-refractivity contribution in [3.8, 4) is 0 Å². The van der Waals surface area contributed by atoms with Gasteiger partial charge in [-0.15, -0.1) is 0 Å². The minimum atomic E-state index is -4.84. The van der Waals surface area contributed by atoms with Crippen LogP contribution in [0.25, 0.3) is 0 Å². The van der Waals surface area contributed by atoms with Crippen LogP contribution in [-0.2, 0) is 19.7 Å². The van der Waals surface area contributed by atoms with Gasteiger partial charge in [0.15, 0.2) is 5.25 Å². The van der Waals surface area contributed by atoms with E-state index in [2.05, 4.69) is 19.2 Å². The van der Waals surface area contributed by atoms with Crippen molar-refractivity contribution < 1.29 is 32.8 Å². The Morgan fingerprint density at radius 3 is 1.24 bits per heavy atom. The Kier molecular flexibility index (Phi) is 24.7. The molecule has 0 saturated heterocycles. The van der Waals surface area contributed by atoms with Gasteiger partial charge < -0.3 is 15.5 Å². The van der Waals surface area contributed by atoms with Crippen LogP contribution < -0.4 is 5.32 Å². The molecule has 9 heteroatoms. The van der Waals surface area contributed by atoms with E-state index >= 15 is 0 Å². The number of rotatable bonds is 22. The molecule has 0 bridgehead atoms. The molecule has 0 aromatic carbocycles. The van der Waals surface area contributed by atoms with Crippen LogP contribution in [0.3, 0.4) is 0 Å². The van der Waals surface area contributed by atoms with Crippen LogP contribution in [0.5, 0.6) is 0 Å². The Morgan fingerprint density at radius 2 is 1.00 bits per heavy atom. The van der Waals surface area contributed by atoms with E-state index in [1.165, 1.54) is 116 Å². The standard InChI is InChI=1S/C20H43N.C4H6O7S/c1-3-5-7-9-11-13-15-17-19-21-20-18-16-14-12-10-8-6-4-2;5-3(6)1-2(4(7)8)12(9,10)11/h21H,3-20H2,1-2H3;2H,1H2,(H,5,6)(H,7,8)(H,9,10,11). The van der Waals surface area contributed by atoms with Gasteiger partial charge in [0.1, 0.15) is 0 Å². The fourth-order valence-electron chi connectivity index (χ4n) is 3.37. The van der Waals surface area contributed by atoms with E-state index in [1.807, 2.05) is 0 Å². The molecule has 0 fully saturated rings. The number of nitrogens with one attached hydrogen (secondary N) is 1. The summed E-state index contributed by atoms with van der Waals surface area (Å²) in [5, 5.41) is 17.5. The number of hydrogen-bond acceptors (Lipinski definition) is 5. The maximum atomic E-state index is 10.2. The molecular formula is C24H49NO7S. The van der Waals surface area contributed by atoms with E-state index in [0.717, 1.165) is 0 Å². The average molecular weight is 496 g/mol. The van der Waals surface area contributed by atoms with Gasteiger partial charge in [-0.2, -0.15) is 8.42 Å². The molecule has 0 aliphatic rings. The highest BCUT2D eigenvalue weighted by atomic mass is 32.2. The molecule has 0 aliphatic heterocycles. The lowest BCUT2D eigenvalue weighted by atomic mass is 10.1. The quantitative estimate of drug-likeness (QED) is 0.111. The second-order valence-electron chi connectivity index (χ2n) is 8.64. The van der Waals surface area contributed by atoms with Crippen molar-refractivity contribution in [2.24, 2.45) is 0 Å². The molecule has 0 spiro atoms. The highest BCUT2D eigenvalue weighted by Gasteiger charge is 2.33.